The molecule has 0 aliphatic rings. The van der Waals surface area contributed by atoms with Crippen LogP contribution in [-0.4, -0.2) is 23.4 Å². The van der Waals surface area contributed by atoms with Crippen molar-refractivity contribution in [3.63, 3.8) is 0 Å². The lowest BCUT2D eigenvalue weighted by molar-refractivity contribution is -0.276. The third kappa shape index (κ3) is 3.91. The first kappa shape index (κ1) is 18.7. The zero-order valence-corrected chi connectivity index (χ0v) is 11.6. The molecule has 1 aromatic rings. The van der Waals surface area contributed by atoms with Gasteiger partial charge in [0.2, 0.25) is 0 Å². The number of halogens is 7. The molecule has 0 radical (unpaired) electrons. The van der Waals surface area contributed by atoms with Crippen molar-refractivity contribution in [1.29, 1.82) is 0 Å². The molecule has 0 bridgehead atoms. The number of alkyl halides is 6. The van der Waals surface area contributed by atoms with E-state index in [0.717, 1.165) is 12.1 Å². The van der Waals surface area contributed by atoms with Gasteiger partial charge in [-0.1, -0.05) is 19.4 Å². The molecular weight excluding hydrogens is 317 g/mol. The number of hydrogen-bond acceptors (Lipinski definition) is 1. The van der Waals surface area contributed by atoms with Crippen LogP contribution in [0.3, 0.4) is 0 Å². The van der Waals surface area contributed by atoms with Crippen LogP contribution >= 0.6 is 0 Å². The molecule has 2 atom stereocenters. The van der Waals surface area contributed by atoms with E-state index in [1.54, 1.807) is 6.92 Å². The molecule has 1 N–H and O–H groups in total. The Morgan fingerprint density at radius 3 is 2.18 bits per heavy atom. The average Bonchev–Trinajstić information content (AvgIpc) is 2.39. The maximum absolute atomic E-state index is 13.6. The highest BCUT2D eigenvalue weighted by atomic mass is 19.4. The summed E-state index contributed by atoms with van der Waals surface area (Å²) in [5.74, 6) is -0.859. The summed E-state index contributed by atoms with van der Waals surface area (Å²) in [6, 6.07) is 2.99. The predicted molar refractivity (Wildman–Crippen MR) is 65.9 cm³/mol. The van der Waals surface area contributed by atoms with Gasteiger partial charge in [0.15, 0.2) is 0 Å². The van der Waals surface area contributed by atoms with Crippen LogP contribution in [0.25, 0.3) is 0 Å². The highest BCUT2D eigenvalue weighted by molar-refractivity contribution is 5.30. The van der Waals surface area contributed by atoms with Gasteiger partial charge in [0.05, 0.1) is 6.10 Å². The first-order valence-electron chi connectivity index (χ1n) is 6.53. The van der Waals surface area contributed by atoms with Crippen molar-refractivity contribution < 1.29 is 35.8 Å². The number of hydrogen-bond donors (Lipinski definition) is 1. The Balaban J connectivity index is 3.15. The topological polar surface area (TPSA) is 20.2 Å². The fourth-order valence-electron chi connectivity index (χ4n) is 2.09. The minimum Gasteiger partial charge on any atom is -0.388 e. The fourth-order valence-corrected chi connectivity index (χ4v) is 2.09. The molecule has 0 heterocycles. The monoisotopic (exact) mass is 332 g/mol. The summed E-state index contributed by atoms with van der Waals surface area (Å²) in [6.45, 7) is 1.73. The molecule has 0 fully saturated rings. The number of benzene rings is 1. The minimum atomic E-state index is -5.85. The summed E-state index contributed by atoms with van der Waals surface area (Å²) >= 11 is 0. The van der Waals surface area contributed by atoms with E-state index in [9.17, 15) is 35.8 Å². The van der Waals surface area contributed by atoms with Crippen molar-refractivity contribution in [2.75, 3.05) is 0 Å². The molecule has 8 heteroatoms. The number of rotatable bonds is 6. The third-order valence-electron chi connectivity index (χ3n) is 3.29. The van der Waals surface area contributed by atoms with Crippen molar-refractivity contribution in [2.24, 2.45) is 0 Å². The van der Waals surface area contributed by atoms with E-state index >= 15 is 0 Å². The van der Waals surface area contributed by atoms with Gasteiger partial charge in [-0.3, -0.25) is 0 Å². The SMILES string of the molecule is CCCc1ccc(F)cc1C(O)CC(F)(C(F)F)C(F)(F)F. The second-order valence-electron chi connectivity index (χ2n) is 4.97. The Morgan fingerprint density at radius 1 is 1.14 bits per heavy atom. The van der Waals surface area contributed by atoms with Gasteiger partial charge in [-0.05, 0) is 29.7 Å². The molecule has 126 valence electrons. The van der Waals surface area contributed by atoms with E-state index in [2.05, 4.69) is 0 Å². The van der Waals surface area contributed by atoms with Gasteiger partial charge < -0.3 is 5.11 Å². The van der Waals surface area contributed by atoms with Crippen molar-refractivity contribution in [1.82, 2.24) is 0 Å². The summed E-state index contributed by atoms with van der Waals surface area (Å²) < 4.78 is 89.4. The van der Waals surface area contributed by atoms with Crippen molar-refractivity contribution in [2.45, 2.75) is 50.6 Å². The van der Waals surface area contributed by atoms with Crippen LogP contribution in [0.1, 0.15) is 37.0 Å². The lowest BCUT2D eigenvalue weighted by Gasteiger charge is -2.29. The maximum atomic E-state index is 13.6. The molecule has 2 unspecified atom stereocenters. The molecule has 1 nitrogen and oxygen atoms in total. The highest BCUT2D eigenvalue weighted by Crippen LogP contribution is 2.45. The molecule has 0 saturated heterocycles. The normalized spacial score (nSPS) is 16.6. The van der Waals surface area contributed by atoms with Gasteiger partial charge in [-0.15, -0.1) is 0 Å². The van der Waals surface area contributed by atoms with Crippen LogP contribution in [0.15, 0.2) is 18.2 Å². The average molecular weight is 332 g/mol. The van der Waals surface area contributed by atoms with Gasteiger partial charge in [0.25, 0.3) is 12.1 Å². The van der Waals surface area contributed by atoms with Crippen LogP contribution < -0.4 is 0 Å². The lowest BCUT2D eigenvalue weighted by Crippen LogP contribution is -2.48. The quantitative estimate of drug-likeness (QED) is 0.746. The first-order valence-corrected chi connectivity index (χ1v) is 6.53. The predicted octanol–water partition coefficient (Wildman–Crippen LogP) is 4.74. The standard InChI is InChI=1S/C14H15F7O/c1-2-3-8-4-5-9(15)6-10(8)11(22)7-13(18,12(16)17)14(19,20)21/h4-6,11-12,22H,2-3,7H2,1H3. The molecule has 22 heavy (non-hydrogen) atoms. The van der Waals surface area contributed by atoms with E-state index in [1.165, 1.54) is 6.07 Å². The van der Waals surface area contributed by atoms with Gasteiger partial charge in [-0.25, -0.2) is 17.6 Å². The molecule has 0 amide bonds. The number of aliphatic hydroxyl groups excluding tert-OH is 1. The minimum absolute atomic E-state index is 0.284. The van der Waals surface area contributed by atoms with Crippen molar-refractivity contribution in [3.8, 4) is 0 Å². The van der Waals surface area contributed by atoms with Crippen molar-refractivity contribution >= 4 is 0 Å². The zero-order chi connectivity index (χ0) is 17.1. The molecule has 1 aromatic carbocycles. The third-order valence-corrected chi connectivity index (χ3v) is 3.29. The summed E-state index contributed by atoms with van der Waals surface area (Å²) in [5, 5.41) is 9.76. The van der Waals surface area contributed by atoms with E-state index in [1.807, 2.05) is 0 Å². The molecular formula is C14H15F7O. The summed E-state index contributed by atoms with van der Waals surface area (Å²) in [5.41, 5.74) is -4.88. The fraction of sp³-hybridized carbons (Fsp3) is 0.571. The van der Waals surface area contributed by atoms with Crippen LogP contribution in [0.5, 0.6) is 0 Å². The molecule has 0 spiro atoms. The Morgan fingerprint density at radius 2 is 1.73 bits per heavy atom. The Bertz CT molecular complexity index is 500. The van der Waals surface area contributed by atoms with E-state index in [4.69, 9.17) is 0 Å². The van der Waals surface area contributed by atoms with Gasteiger partial charge in [-0.2, -0.15) is 13.2 Å². The smallest absolute Gasteiger partial charge is 0.388 e. The van der Waals surface area contributed by atoms with Crippen LogP contribution in [0.4, 0.5) is 30.7 Å². The molecule has 0 aliphatic heterocycles. The Labute approximate surface area is 122 Å². The Kier molecular flexibility index (Phi) is 5.83. The lowest BCUT2D eigenvalue weighted by atomic mass is 9.90. The second kappa shape index (κ2) is 6.85. The van der Waals surface area contributed by atoms with E-state index < -0.39 is 36.6 Å². The second-order valence-corrected chi connectivity index (χ2v) is 4.97. The first-order chi connectivity index (χ1) is 10.0. The summed E-state index contributed by atoms with van der Waals surface area (Å²) in [6.07, 6.45) is -13.5. The van der Waals surface area contributed by atoms with Gasteiger partial charge in [0, 0.05) is 6.42 Å². The van der Waals surface area contributed by atoms with Crippen LogP contribution in [0, 0.1) is 5.82 Å². The van der Waals surface area contributed by atoms with Crippen LogP contribution in [-0.2, 0) is 6.42 Å². The van der Waals surface area contributed by atoms with Crippen molar-refractivity contribution in [3.05, 3.63) is 35.1 Å². The van der Waals surface area contributed by atoms with Gasteiger partial charge >= 0.3 is 6.18 Å². The summed E-state index contributed by atoms with van der Waals surface area (Å²) in [7, 11) is 0. The van der Waals surface area contributed by atoms with E-state index in [0.29, 0.717) is 6.42 Å². The largest absolute Gasteiger partial charge is 0.428 e. The highest BCUT2D eigenvalue weighted by Gasteiger charge is 2.63. The molecule has 0 saturated carbocycles. The van der Waals surface area contributed by atoms with E-state index in [-0.39, 0.29) is 17.5 Å². The van der Waals surface area contributed by atoms with Gasteiger partial charge in [0.1, 0.15) is 5.82 Å². The number of aryl methyl sites for hydroxylation is 1. The Hall–Kier alpha value is -1.31. The zero-order valence-electron chi connectivity index (χ0n) is 11.6. The number of aliphatic hydroxyl groups is 1. The van der Waals surface area contributed by atoms with Crippen LogP contribution in [0.2, 0.25) is 0 Å². The molecule has 0 aromatic heterocycles. The maximum Gasteiger partial charge on any atom is 0.428 e. The molecule has 1 rings (SSSR count). The molecule has 0 aliphatic carbocycles. The summed E-state index contributed by atoms with van der Waals surface area (Å²) in [4.78, 5) is 0.